The minimum atomic E-state index is -0.495. The second-order valence-corrected chi connectivity index (χ2v) is 6.86. The van der Waals surface area contributed by atoms with Gasteiger partial charge in [-0.1, -0.05) is 17.3 Å². The van der Waals surface area contributed by atoms with Gasteiger partial charge in [-0.05, 0) is 39.7 Å². The van der Waals surface area contributed by atoms with E-state index >= 15 is 0 Å². The first-order valence-electron chi connectivity index (χ1n) is 9.02. The highest BCUT2D eigenvalue weighted by molar-refractivity contribution is 5.98. The van der Waals surface area contributed by atoms with Crippen LogP contribution in [0, 0.1) is 16.0 Å². The van der Waals surface area contributed by atoms with Crippen molar-refractivity contribution in [3.05, 3.63) is 51.2 Å². The first-order chi connectivity index (χ1) is 13.3. The molecule has 2 unspecified atom stereocenters. The lowest BCUT2D eigenvalue weighted by atomic mass is 9.74. The maximum Gasteiger partial charge on any atom is 0.336 e. The number of non-ortho nitro benzene ring substituents is 1. The Kier molecular flexibility index (Phi) is 7.03. The van der Waals surface area contributed by atoms with E-state index in [1.807, 2.05) is 20.8 Å². The van der Waals surface area contributed by atoms with Crippen molar-refractivity contribution < 1.29 is 19.3 Å². The number of nitrogens with zero attached hydrogens (tertiary/aromatic N) is 3. The van der Waals surface area contributed by atoms with E-state index < -0.39 is 16.8 Å². The van der Waals surface area contributed by atoms with E-state index in [0.29, 0.717) is 23.3 Å². The van der Waals surface area contributed by atoms with Crippen molar-refractivity contribution in [3.63, 3.8) is 0 Å². The van der Waals surface area contributed by atoms with Crippen molar-refractivity contribution in [2.45, 2.75) is 46.1 Å². The number of benzene rings is 1. The molecule has 1 heterocycles. The zero-order chi connectivity index (χ0) is 20.8. The molecule has 0 radical (unpaired) electrons. The van der Waals surface area contributed by atoms with Crippen LogP contribution in [0.4, 0.5) is 5.69 Å². The van der Waals surface area contributed by atoms with E-state index in [4.69, 9.17) is 9.57 Å². The third kappa shape index (κ3) is 4.82. The fourth-order valence-electron chi connectivity index (χ4n) is 3.32. The first kappa shape index (κ1) is 21.3. The molecule has 1 aliphatic heterocycles. The number of methoxy groups -OCH3 is 1. The molecule has 1 aromatic carbocycles. The number of hydrogen-bond donors (Lipinski definition) is 0. The molecule has 0 amide bonds. The standard InChI is InChI=1S/C20H25N3O5/c1-12(2)28-21-10-9-17-13(3)22-14(4)18(20(24)27-5)19(17)15-7-6-8-16(11-15)23(25)26/h6-8,10-12,17,19H,9H2,1-5H3/b21-10+. The molecule has 0 fully saturated rings. The van der Waals surface area contributed by atoms with E-state index in [0.717, 1.165) is 5.71 Å². The molecule has 0 aromatic heterocycles. The molecule has 0 saturated carbocycles. The van der Waals surface area contributed by atoms with Crippen molar-refractivity contribution >= 4 is 23.6 Å². The summed E-state index contributed by atoms with van der Waals surface area (Å²) in [6.07, 6.45) is 2.06. The summed E-state index contributed by atoms with van der Waals surface area (Å²) in [7, 11) is 1.31. The summed E-state index contributed by atoms with van der Waals surface area (Å²) < 4.78 is 4.97. The van der Waals surface area contributed by atoms with Crippen LogP contribution in [0.5, 0.6) is 0 Å². The van der Waals surface area contributed by atoms with Crippen LogP contribution < -0.4 is 0 Å². The molecule has 0 saturated heterocycles. The topological polar surface area (TPSA) is 103 Å². The zero-order valence-electron chi connectivity index (χ0n) is 16.7. The molecule has 0 spiro atoms. The molecule has 1 aliphatic rings. The van der Waals surface area contributed by atoms with Crippen LogP contribution in [0.2, 0.25) is 0 Å². The van der Waals surface area contributed by atoms with Gasteiger partial charge >= 0.3 is 5.97 Å². The molecule has 0 N–H and O–H groups in total. The van der Waals surface area contributed by atoms with Crippen molar-refractivity contribution in [1.82, 2.24) is 0 Å². The van der Waals surface area contributed by atoms with Crippen molar-refractivity contribution in [1.29, 1.82) is 0 Å². The Bertz CT molecular complexity index is 842. The van der Waals surface area contributed by atoms with E-state index in [1.165, 1.54) is 19.2 Å². The Morgan fingerprint density at radius 2 is 2.11 bits per heavy atom. The number of rotatable bonds is 7. The van der Waals surface area contributed by atoms with Gasteiger partial charge in [0, 0.05) is 41.6 Å². The molecule has 0 bridgehead atoms. The number of nitro benzene ring substituents is 1. The predicted octanol–water partition coefficient (Wildman–Crippen LogP) is 4.02. The van der Waals surface area contributed by atoms with Crippen LogP contribution >= 0.6 is 0 Å². The van der Waals surface area contributed by atoms with Gasteiger partial charge in [-0.25, -0.2) is 4.79 Å². The fourth-order valence-corrected chi connectivity index (χ4v) is 3.32. The maximum atomic E-state index is 12.5. The van der Waals surface area contributed by atoms with Crippen LogP contribution in [0.25, 0.3) is 0 Å². The van der Waals surface area contributed by atoms with E-state index in [-0.39, 0.29) is 17.7 Å². The average molecular weight is 387 g/mol. The third-order valence-electron chi connectivity index (χ3n) is 4.53. The normalized spacial score (nSPS) is 19.7. The Balaban J connectivity index is 2.51. The Morgan fingerprint density at radius 1 is 1.39 bits per heavy atom. The van der Waals surface area contributed by atoms with Gasteiger partial charge in [-0.15, -0.1) is 0 Å². The lowest BCUT2D eigenvalue weighted by molar-refractivity contribution is -0.384. The number of aliphatic imine (C=N–C) groups is 1. The summed E-state index contributed by atoms with van der Waals surface area (Å²) >= 11 is 0. The van der Waals surface area contributed by atoms with Crippen molar-refractivity contribution in [3.8, 4) is 0 Å². The third-order valence-corrected chi connectivity index (χ3v) is 4.53. The number of esters is 1. The van der Waals surface area contributed by atoms with E-state index in [9.17, 15) is 14.9 Å². The molecule has 1 aromatic rings. The van der Waals surface area contributed by atoms with Gasteiger partial charge in [0.25, 0.3) is 5.69 Å². The molecule has 8 nitrogen and oxygen atoms in total. The zero-order valence-corrected chi connectivity index (χ0v) is 16.7. The summed E-state index contributed by atoms with van der Waals surface area (Å²) in [5.41, 5.74) is 2.39. The second kappa shape index (κ2) is 9.25. The number of nitro groups is 1. The molecular formula is C20H25N3O5. The summed E-state index contributed by atoms with van der Waals surface area (Å²) in [5, 5.41) is 15.2. The highest BCUT2D eigenvalue weighted by atomic mass is 16.6. The van der Waals surface area contributed by atoms with Gasteiger partial charge in [0.2, 0.25) is 0 Å². The smallest absolute Gasteiger partial charge is 0.336 e. The Hall–Kier alpha value is -3.03. The minimum absolute atomic E-state index is 0.0323. The largest absolute Gasteiger partial charge is 0.466 e. The minimum Gasteiger partial charge on any atom is -0.466 e. The van der Waals surface area contributed by atoms with Crippen molar-refractivity contribution in [2.75, 3.05) is 7.11 Å². The van der Waals surface area contributed by atoms with Gasteiger partial charge in [0.05, 0.1) is 17.6 Å². The Labute approximate surface area is 164 Å². The molecule has 150 valence electrons. The van der Waals surface area contributed by atoms with E-state index in [2.05, 4.69) is 10.1 Å². The summed E-state index contributed by atoms with van der Waals surface area (Å²) in [6.45, 7) is 7.37. The van der Waals surface area contributed by atoms with Gasteiger partial charge in [0.1, 0.15) is 6.10 Å². The second-order valence-electron chi connectivity index (χ2n) is 6.86. The van der Waals surface area contributed by atoms with Crippen LogP contribution in [-0.2, 0) is 14.4 Å². The number of ether oxygens (including phenoxy) is 1. The predicted molar refractivity (Wildman–Crippen MR) is 106 cm³/mol. The summed E-state index contributed by atoms with van der Waals surface area (Å²) in [6, 6.07) is 6.32. The van der Waals surface area contributed by atoms with Crippen molar-refractivity contribution in [2.24, 2.45) is 16.1 Å². The summed E-state index contributed by atoms with van der Waals surface area (Å²) in [4.78, 5) is 33.0. The SMILES string of the molecule is COC(=O)C1=C(C)N=C(C)C(C/C=N/OC(C)C)C1c1cccc([N+](=O)[O-])c1. The van der Waals surface area contributed by atoms with Crippen LogP contribution in [-0.4, -0.2) is 36.0 Å². The Morgan fingerprint density at radius 3 is 2.71 bits per heavy atom. The summed E-state index contributed by atoms with van der Waals surface area (Å²) in [5.74, 6) is -1.14. The van der Waals surface area contributed by atoms with Gasteiger partial charge in [0.15, 0.2) is 0 Å². The molecule has 28 heavy (non-hydrogen) atoms. The lowest BCUT2D eigenvalue weighted by Crippen LogP contribution is -2.30. The number of carbonyl (C=O) groups excluding carboxylic acids is 1. The number of oxime groups is 1. The van der Waals surface area contributed by atoms with Gasteiger partial charge in [-0.2, -0.15) is 0 Å². The highest BCUT2D eigenvalue weighted by Crippen LogP contribution is 2.41. The first-order valence-corrected chi connectivity index (χ1v) is 9.02. The van der Waals surface area contributed by atoms with Crippen LogP contribution in [0.3, 0.4) is 0 Å². The quantitative estimate of drug-likeness (QED) is 0.304. The monoisotopic (exact) mass is 387 g/mol. The highest BCUT2D eigenvalue weighted by Gasteiger charge is 2.37. The number of hydrogen-bond acceptors (Lipinski definition) is 7. The molecular weight excluding hydrogens is 362 g/mol. The van der Waals surface area contributed by atoms with Gasteiger partial charge < -0.3 is 9.57 Å². The number of allylic oxidation sites excluding steroid dienone is 1. The number of carbonyl (C=O) groups is 1. The van der Waals surface area contributed by atoms with Crippen LogP contribution in [0.1, 0.15) is 45.6 Å². The molecule has 8 heteroatoms. The van der Waals surface area contributed by atoms with E-state index in [1.54, 1.807) is 25.3 Å². The average Bonchev–Trinajstić information content (AvgIpc) is 2.65. The van der Waals surface area contributed by atoms with Crippen LogP contribution in [0.15, 0.2) is 45.7 Å². The molecule has 0 aliphatic carbocycles. The molecule has 2 rings (SSSR count). The lowest BCUT2D eigenvalue weighted by Gasteiger charge is -2.32. The maximum absolute atomic E-state index is 12.5. The van der Waals surface area contributed by atoms with Gasteiger partial charge in [-0.3, -0.25) is 15.1 Å². The molecule has 2 atom stereocenters. The fraction of sp³-hybridized carbons (Fsp3) is 0.450.